The van der Waals surface area contributed by atoms with Crippen LogP contribution in [0.15, 0.2) is 47.4 Å². The summed E-state index contributed by atoms with van der Waals surface area (Å²) in [6.45, 7) is 0.796. The summed E-state index contributed by atoms with van der Waals surface area (Å²) >= 11 is 0. The van der Waals surface area contributed by atoms with Gasteiger partial charge >= 0.3 is 5.88 Å². The van der Waals surface area contributed by atoms with Gasteiger partial charge in [0.05, 0.1) is 0 Å². The van der Waals surface area contributed by atoms with Gasteiger partial charge in [-0.1, -0.05) is 30.3 Å². The van der Waals surface area contributed by atoms with Crippen molar-refractivity contribution in [1.29, 1.82) is 0 Å². The van der Waals surface area contributed by atoms with Crippen LogP contribution >= 0.6 is 0 Å². The summed E-state index contributed by atoms with van der Waals surface area (Å²) in [5.74, 6) is 0.227. The molecule has 96 valence electrons. The zero-order valence-electron chi connectivity index (χ0n) is 10.1. The van der Waals surface area contributed by atoms with Crippen molar-refractivity contribution >= 4 is 6.08 Å². The molecule has 1 aromatic rings. The molecule has 0 saturated carbocycles. The Morgan fingerprint density at radius 2 is 2.22 bits per heavy atom. The lowest BCUT2D eigenvalue weighted by Crippen LogP contribution is -3.13. The molecule has 0 aromatic heterocycles. The molecule has 0 amide bonds. The van der Waals surface area contributed by atoms with Gasteiger partial charge in [-0.05, 0) is 12.7 Å². The minimum Gasteiger partial charge on any atom is -0.603 e. The average molecular weight is 249 g/mol. The first-order valence-electron chi connectivity index (χ1n) is 5.62. The summed E-state index contributed by atoms with van der Waals surface area (Å²) < 4.78 is 4.41. The lowest BCUT2D eigenvalue weighted by atomic mass is 10.1. The van der Waals surface area contributed by atoms with E-state index < -0.39 is 6.08 Å². The molecule has 6 nitrogen and oxygen atoms in total. The minimum atomic E-state index is -0.674. The van der Waals surface area contributed by atoms with Crippen molar-refractivity contribution in [3.63, 3.8) is 0 Å². The van der Waals surface area contributed by atoms with Crippen LogP contribution in [0.3, 0.4) is 0 Å². The van der Waals surface area contributed by atoms with E-state index in [1.807, 2.05) is 18.2 Å². The number of aliphatic imine (C=N–C) groups is 1. The second kappa shape index (κ2) is 6.04. The lowest BCUT2D eigenvalue weighted by molar-refractivity contribution is -0.911. The molecule has 0 aliphatic carbocycles. The first kappa shape index (κ1) is 12.4. The second-order valence-electron chi connectivity index (χ2n) is 3.78. The van der Waals surface area contributed by atoms with Crippen molar-refractivity contribution in [1.82, 2.24) is 5.59 Å². The first-order chi connectivity index (χ1) is 8.78. The van der Waals surface area contributed by atoms with E-state index in [1.54, 1.807) is 6.20 Å². The van der Waals surface area contributed by atoms with Gasteiger partial charge in [0.25, 0.3) is 0 Å². The number of quaternary nitrogens is 1. The summed E-state index contributed by atoms with van der Waals surface area (Å²) in [5, 5.41) is 11.8. The van der Waals surface area contributed by atoms with Gasteiger partial charge in [-0.15, -0.1) is 0 Å². The number of nitrogens with one attached hydrogen (secondary N) is 2. The topological polar surface area (TPSA) is 70.3 Å². The van der Waals surface area contributed by atoms with Gasteiger partial charge < -0.3 is 14.7 Å². The molecule has 1 aliphatic rings. The van der Waals surface area contributed by atoms with Crippen molar-refractivity contribution in [2.45, 2.75) is 6.42 Å². The Morgan fingerprint density at radius 1 is 1.44 bits per heavy atom. The third kappa shape index (κ3) is 3.47. The van der Waals surface area contributed by atoms with E-state index in [4.69, 9.17) is 4.84 Å². The van der Waals surface area contributed by atoms with E-state index >= 15 is 0 Å². The minimum absolute atomic E-state index is 0.227. The van der Waals surface area contributed by atoms with E-state index in [2.05, 4.69) is 27.5 Å². The van der Waals surface area contributed by atoms with Gasteiger partial charge in [-0.25, -0.2) is 0 Å². The van der Waals surface area contributed by atoms with Crippen LogP contribution in [0.1, 0.15) is 5.56 Å². The molecule has 0 radical (unpaired) electrons. The summed E-state index contributed by atoms with van der Waals surface area (Å²) in [7, 11) is 1.27. The van der Waals surface area contributed by atoms with Crippen LogP contribution in [0.25, 0.3) is 0 Å². The van der Waals surface area contributed by atoms with Gasteiger partial charge in [0.2, 0.25) is 0 Å². The lowest BCUT2D eigenvalue weighted by Gasteiger charge is -2.06. The second-order valence-corrected chi connectivity index (χ2v) is 3.78. The van der Waals surface area contributed by atoms with E-state index in [1.165, 1.54) is 12.7 Å². The molecule has 1 aliphatic heterocycles. The van der Waals surface area contributed by atoms with Crippen molar-refractivity contribution in [2.75, 3.05) is 13.7 Å². The predicted octanol–water partition coefficient (Wildman–Crippen LogP) is -1.27. The number of benzene rings is 1. The summed E-state index contributed by atoms with van der Waals surface area (Å²) in [5.41, 5.74) is 3.98. The van der Waals surface area contributed by atoms with Crippen LogP contribution in [0.5, 0.6) is 0 Å². The van der Waals surface area contributed by atoms with Crippen molar-refractivity contribution in [3.8, 4) is 0 Å². The van der Waals surface area contributed by atoms with Gasteiger partial charge in [0.15, 0.2) is 12.3 Å². The molecular formula is C12H15N3O3. The number of hydrogen-bond donors (Lipinski definition) is 2. The Labute approximate surface area is 105 Å². The molecule has 0 bridgehead atoms. The van der Waals surface area contributed by atoms with Gasteiger partial charge in [-0.3, -0.25) is 0 Å². The molecule has 1 atom stereocenters. The number of methoxy groups -OCH3 is 1. The van der Waals surface area contributed by atoms with E-state index in [9.17, 15) is 5.11 Å². The van der Waals surface area contributed by atoms with Crippen molar-refractivity contribution in [2.24, 2.45) is 4.99 Å². The Bertz CT molecular complexity index is 445. The Kier molecular flexibility index (Phi) is 4.16. The molecule has 18 heavy (non-hydrogen) atoms. The molecule has 6 heteroatoms. The van der Waals surface area contributed by atoms with Gasteiger partial charge in [0, 0.05) is 12.0 Å². The number of rotatable bonds is 4. The average Bonchev–Trinajstić information content (AvgIpc) is 2.85. The smallest absolute Gasteiger partial charge is 0.301 e. The number of nitrogens with zero attached hydrogens (tertiary/aromatic N) is 1. The SMILES string of the molecule is CO/C([O-])=N/C1=C[NH+](CCc2ccccc2)NO1. The van der Waals surface area contributed by atoms with Crippen molar-refractivity contribution in [3.05, 3.63) is 48.0 Å². The van der Waals surface area contributed by atoms with Crippen LogP contribution in [-0.4, -0.2) is 19.7 Å². The highest BCUT2D eigenvalue weighted by atomic mass is 16.7. The Hall–Kier alpha value is -2.05. The highest BCUT2D eigenvalue weighted by Crippen LogP contribution is 1.99. The van der Waals surface area contributed by atoms with Crippen LogP contribution in [0.2, 0.25) is 0 Å². The highest BCUT2D eigenvalue weighted by Gasteiger charge is 2.17. The van der Waals surface area contributed by atoms with Crippen LogP contribution in [0.4, 0.5) is 0 Å². The quantitative estimate of drug-likeness (QED) is 0.515. The molecule has 1 heterocycles. The fourth-order valence-corrected chi connectivity index (χ4v) is 1.56. The molecule has 1 unspecified atom stereocenters. The maximum atomic E-state index is 10.9. The fourth-order valence-electron chi connectivity index (χ4n) is 1.56. The zero-order chi connectivity index (χ0) is 12.8. The largest absolute Gasteiger partial charge is 0.603 e. The summed E-state index contributed by atoms with van der Waals surface area (Å²) in [6, 6.07) is 10.1. The maximum absolute atomic E-state index is 10.9. The van der Waals surface area contributed by atoms with E-state index in [0.29, 0.717) is 0 Å². The van der Waals surface area contributed by atoms with E-state index in [-0.39, 0.29) is 5.88 Å². The molecule has 2 N–H and O–H groups in total. The van der Waals surface area contributed by atoms with Crippen LogP contribution < -0.4 is 15.7 Å². The summed E-state index contributed by atoms with van der Waals surface area (Å²) in [4.78, 5) is 8.63. The standard InChI is InChI=1S/C12H15N3O3/c1-17-12(16)13-11-9-15(14-18-11)8-7-10-5-3-2-4-6-10/h2-6,9,14H,7-8H2,1H3,(H,13,16). The zero-order valence-corrected chi connectivity index (χ0v) is 10.1. The normalized spacial score (nSPS) is 19.3. The Balaban J connectivity index is 1.85. The number of ether oxygens (including phenoxy) is 1. The third-order valence-electron chi connectivity index (χ3n) is 2.49. The molecule has 0 spiro atoms. The van der Waals surface area contributed by atoms with Crippen molar-refractivity contribution < 1.29 is 19.7 Å². The Morgan fingerprint density at radius 3 is 2.94 bits per heavy atom. The summed E-state index contributed by atoms with van der Waals surface area (Å²) in [6.07, 6.45) is 1.92. The molecule has 0 saturated heterocycles. The van der Waals surface area contributed by atoms with Crippen LogP contribution in [0, 0.1) is 0 Å². The van der Waals surface area contributed by atoms with Crippen LogP contribution in [-0.2, 0) is 16.0 Å². The van der Waals surface area contributed by atoms with Gasteiger partial charge in [0.1, 0.15) is 6.54 Å². The monoisotopic (exact) mass is 249 g/mol. The fraction of sp³-hybridized carbons (Fsp3) is 0.250. The predicted molar refractivity (Wildman–Crippen MR) is 62.7 cm³/mol. The van der Waals surface area contributed by atoms with E-state index in [0.717, 1.165) is 18.0 Å². The number of hydrogen-bond acceptors (Lipinski definition) is 5. The molecular weight excluding hydrogens is 234 g/mol. The highest BCUT2D eigenvalue weighted by molar-refractivity contribution is 5.62. The maximum Gasteiger partial charge on any atom is 0.301 e. The van der Waals surface area contributed by atoms with Gasteiger partial charge in [-0.2, -0.15) is 10.0 Å². The molecule has 2 rings (SSSR count). The molecule has 0 fully saturated rings. The first-order valence-corrected chi connectivity index (χ1v) is 5.62. The third-order valence-corrected chi connectivity index (χ3v) is 2.49. The molecule has 1 aromatic carbocycles.